The first-order chi connectivity index (χ1) is 9.63. The maximum Gasteiger partial charge on any atom is 0.133 e. The minimum atomic E-state index is -0.218. The highest BCUT2D eigenvalue weighted by molar-refractivity contribution is 9.10. The number of aliphatic hydroxyl groups is 1. The number of benzene rings is 1. The summed E-state index contributed by atoms with van der Waals surface area (Å²) in [7, 11) is 1.67. The Morgan fingerprint density at radius 3 is 2.85 bits per heavy atom. The van der Waals surface area contributed by atoms with E-state index >= 15 is 0 Å². The molecule has 0 saturated heterocycles. The number of methoxy groups -OCH3 is 1. The highest BCUT2D eigenvalue weighted by Crippen LogP contribution is 2.34. The van der Waals surface area contributed by atoms with Crippen LogP contribution in [0.15, 0.2) is 22.7 Å². The Bertz CT molecular complexity index is 433. The first-order valence-electron chi connectivity index (χ1n) is 7.64. The minimum absolute atomic E-state index is 0.218. The van der Waals surface area contributed by atoms with Crippen molar-refractivity contribution in [3.63, 3.8) is 0 Å². The van der Waals surface area contributed by atoms with Gasteiger partial charge in [0.15, 0.2) is 0 Å². The molecule has 0 amide bonds. The van der Waals surface area contributed by atoms with Crippen LogP contribution in [-0.4, -0.2) is 18.3 Å². The first kappa shape index (κ1) is 15.8. The third-order valence-electron chi connectivity index (χ3n) is 4.61. The van der Waals surface area contributed by atoms with Crippen molar-refractivity contribution in [1.29, 1.82) is 0 Å². The van der Waals surface area contributed by atoms with Gasteiger partial charge in [0, 0.05) is 0 Å². The molecule has 1 aliphatic rings. The van der Waals surface area contributed by atoms with E-state index < -0.39 is 0 Å². The molecule has 0 spiro atoms. The van der Waals surface area contributed by atoms with Gasteiger partial charge in [0.25, 0.3) is 0 Å². The van der Waals surface area contributed by atoms with E-state index in [1.807, 2.05) is 12.1 Å². The van der Waals surface area contributed by atoms with Crippen LogP contribution in [0.3, 0.4) is 0 Å². The third kappa shape index (κ3) is 3.98. The van der Waals surface area contributed by atoms with Crippen LogP contribution < -0.4 is 4.74 Å². The smallest absolute Gasteiger partial charge is 0.133 e. The van der Waals surface area contributed by atoms with Crippen molar-refractivity contribution >= 4 is 15.9 Å². The second-order valence-electron chi connectivity index (χ2n) is 5.94. The van der Waals surface area contributed by atoms with Gasteiger partial charge >= 0.3 is 0 Å². The van der Waals surface area contributed by atoms with Gasteiger partial charge in [0.1, 0.15) is 5.75 Å². The van der Waals surface area contributed by atoms with E-state index in [9.17, 15) is 5.11 Å². The third-order valence-corrected chi connectivity index (χ3v) is 5.23. The Labute approximate surface area is 130 Å². The normalized spacial score (nSPS) is 24.4. The van der Waals surface area contributed by atoms with Crippen molar-refractivity contribution in [1.82, 2.24) is 0 Å². The molecule has 1 fully saturated rings. The highest BCUT2D eigenvalue weighted by atomic mass is 79.9. The summed E-state index contributed by atoms with van der Waals surface area (Å²) in [6, 6.07) is 6.07. The molecule has 2 nitrogen and oxygen atoms in total. The van der Waals surface area contributed by atoms with E-state index in [0.717, 1.165) is 22.6 Å². The number of rotatable bonds is 5. The van der Waals surface area contributed by atoms with Crippen molar-refractivity contribution in [2.45, 2.75) is 51.6 Å². The average molecular weight is 341 g/mol. The molecular weight excluding hydrogens is 316 g/mol. The van der Waals surface area contributed by atoms with Crippen LogP contribution in [0.2, 0.25) is 0 Å². The van der Waals surface area contributed by atoms with Gasteiger partial charge < -0.3 is 9.84 Å². The molecule has 3 unspecified atom stereocenters. The Hall–Kier alpha value is -0.540. The van der Waals surface area contributed by atoms with Crippen molar-refractivity contribution in [3.05, 3.63) is 28.2 Å². The minimum Gasteiger partial charge on any atom is -0.496 e. The summed E-state index contributed by atoms with van der Waals surface area (Å²) in [5.41, 5.74) is 1.17. The zero-order chi connectivity index (χ0) is 14.5. The number of ether oxygens (including phenoxy) is 1. The van der Waals surface area contributed by atoms with Gasteiger partial charge in [-0.2, -0.15) is 0 Å². The summed E-state index contributed by atoms with van der Waals surface area (Å²) in [6.07, 6.45) is 6.75. The summed E-state index contributed by atoms with van der Waals surface area (Å²) in [5.74, 6) is 2.12. The van der Waals surface area contributed by atoms with Gasteiger partial charge in [-0.3, -0.25) is 0 Å². The van der Waals surface area contributed by atoms with Crippen molar-refractivity contribution in [2.24, 2.45) is 11.8 Å². The molecule has 0 aromatic heterocycles. The summed E-state index contributed by atoms with van der Waals surface area (Å²) >= 11 is 3.51. The van der Waals surface area contributed by atoms with E-state index in [4.69, 9.17) is 4.74 Å². The van der Waals surface area contributed by atoms with Gasteiger partial charge in [-0.1, -0.05) is 32.3 Å². The Kier molecular flexibility index (Phi) is 5.91. The van der Waals surface area contributed by atoms with Gasteiger partial charge in [-0.15, -0.1) is 0 Å². The summed E-state index contributed by atoms with van der Waals surface area (Å²) in [5, 5.41) is 10.5. The number of aliphatic hydroxyl groups excluding tert-OH is 1. The lowest BCUT2D eigenvalue weighted by atomic mass is 9.76. The Balaban J connectivity index is 1.96. The molecule has 0 aliphatic heterocycles. The Morgan fingerprint density at radius 2 is 2.20 bits per heavy atom. The topological polar surface area (TPSA) is 29.5 Å². The first-order valence-corrected chi connectivity index (χ1v) is 8.43. The van der Waals surface area contributed by atoms with Crippen LogP contribution in [-0.2, 0) is 6.42 Å². The molecule has 1 N–H and O–H groups in total. The summed E-state index contributed by atoms with van der Waals surface area (Å²) in [4.78, 5) is 0. The predicted molar refractivity (Wildman–Crippen MR) is 86.1 cm³/mol. The van der Waals surface area contributed by atoms with Crippen LogP contribution in [0.25, 0.3) is 0 Å². The quantitative estimate of drug-likeness (QED) is 0.850. The average Bonchev–Trinajstić information content (AvgIpc) is 2.47. The molecule has 3 heteroatoms. The molecule has 0 bridgehead atoms. The van der Waals surface area contributed by atoms with Crippen LogP contribution in [0.5, 0.6) is 5.75 Å². The van der Waals surface area contributed by atoms with Crippen LogP contribution in [0.1, 0.15) is 44.6 Å². The standard InChI is InChI=1S/C17H25BrO2/c1-3-12-5-4-6-14(9-12)16(19)11-13-7-8-17(20-2)15(18)10-13/h7-8,10,12,14,16,19H,3-6,9,11H2,1-2H3. The number of hydrogen-bond acceptors (Lipinski definition) is 2. The van der Waals surface area contributed by atoms with Crippen molar-refractivity contribution in [2.75, 3.05) is 7.11 Å². The van der Waals surface area contributed by atoms with Gasteiger partial charge in [-0.05, 0) is 64.7 Å². The van der Waals surface area contributed by atoms with Crippen LogP contribution in [0.4, 0.5) is 0 Å². The second kappa shape index (κ2) is 7.46. The molecule has 1 aliphatic carbocycles. The molecule has 112 valence electrons. The molecular formula is C17H25BrO2. The van der Waals surface area contributed by atoms with Crippen molar-refractivity contribution in [3.8, 4) is 5.75 Å². The van der Waals surface area contributed by atoms with Gasteiger partial charge in [-0.25, -0.2) is 0 Å². The van der Waals surface area contributed by atoms with Crippen LogP contribution >= 0.6 is 15.9 Å². The lowest BCUT2D eigenvalue weighted by molar-refractivity contribution is 0.0685. The number of halogens is 1. The molecule has 0 heterocycles. The summed E-state index contributed by atoms with van der Waals surface area (Å²) in [6.45, 7) is 2.26. The molecule has 1 aromatic rings. The molecule has 2 rings (SSSR count). The van der Waals surface area contributed by atoms with Crippen molar-refractivity contribution < 1.29 is 9.84 Å². The fraction of sp³-hybridized carbons (Fsp3) is 0.647. The van der Waals surface area contributed by atoms with E-state index in [-0.39, 0.29) is 6.10 Å². The molecule has 1 aromatic carbocycles. The lowest BCUT2D eigenvalue weighted by Gasteiger charge is -2.31. The number of hydrogen-bond donors (Lipinski definition) is 1. The fourth-order valence-electron chi connectivity index (χ4n) is 3.30. The van der Waals surface area contributed by atoms with E-state index in [0.29, 0.717) is 5.92 Å². The largest absolute Gasteiger partial charge is 0.496 e. The molecule has 1 saturated carbocycles. The maximum atomic E-state index is 10.5. The monoisotopic (exact) mass is 340 g/mol. The lowest BCUT2D eigenvalue weighted by Crippen LogP contribution is -2.28. The van der Waals surface area contributed by atoms with Crippen LogP contribution in [0, 0.1) is 11.8 Å². The fourth-order valence-corrected chi connectivity index (χ4v) is 3.89. The molecule has 3 atom stereocenters. The van der Waals surface area contributed by atoms with E-state index in [1.54, 1.807) is 7.11 Å². The predicted octanol–water partition coefficient (Wildman–Crippen LogP) is 4.58. The SMILES string of the molecule is CCC1CCCC(C(O)Cc2ccc(OC)c(Br)c2)C1. The summed E-state index contributed by atoms with van der Waals surface area (Å²) < 4.78 is 6.20. The van der Waals surface area contributed by atoms with E-state index in [2.05, 4.69) is 28.9 Å². The maximum absolute atomic E-state index is 10.5. The zero-order valence-corrected chi connectivity index (χ0v) is 14.0. The van der Waals surface area contributed by atoms with Gasteiger partial charge in [0.2, 0.25) is 0 Å². The highest BCUT2D eigenvalue weighted by Gasteiger charge is 2.26. The van der Waals surface area contributed by atoms with Gasteiger partial charge in [0.05, 0.1) is 17.7 Å². The Morgan fingerprint density at radius 1 is 1.40 bits per heavy atom. The molecule has 0 radical (unpaired) electrons. The molecule has 20 heavy (non-hydrogen) atoms. The van der Waals surface area contributed by atoms with E-state index in [1.165, 1.54) is 37.7 Å². The second-order valence-corrected chi connectivity index (χ2v) is 6.80. The zero-order valence-electron chi connectivity index (χ0n) is 12.4.